The Morgan fingerprint density at radius 2 is 2.03 bits per heavy atom. The van der Waals surface area contributed by atoms with Crippen molar-refractivity contribution in [2.75, 3.05) is 23.7 Å². The minimum atomic E-state index is -0.770. The van der Waals surface area contributed by atoms with E-state index in [0.29, 0.717) is 10.9 Å². The molecule has 2 amide bonds. The number of aromatic hydroxyl groups is 1. The van der Waals surface area contributed by atoms with E-state index in [9.17, 15) is 19.1 Å². The summed E-state index contributed by atoms with van der Waals surface area (Å²) in [6.07, 6.45) is 5.07. The van der Waals surface area contributed by atoms with Crippen molar-refractivity contribution in [1.82, 2.24) is 19.7 Å². The van der Waals surface area contributed by atoms with E-state index in [1.165, 1.54) is 10.9 Å². The van der Waals surface area contributed by atoms with Gasteiger partial charge in [0.2, 0.25) is 5.91 Å². The topological polar surface area (TPSA) is 112 Å². The molecule has 0 saturated carbocycles. The smallest absolute Gasteiger partial charge is 0.267 e. The van der Waals surface area contributed by atoms with Crippen LogP contribution >= 0.6 is 22.9 Å². The van der Waals surface area contributed by atoms with E-state index in [2.05, 4.69) is 20.7 Å². The zero-order valence-corrected chi connectivity index (χ0v) is 17.7. The van der Waals surface area contributed by atoms with Gasteiger partial charge in [0.05, 0.1) is 11.9 Å². The number of thiazole rings is 1. The summed E-state index contributed by atoms with van der Waals surface area (Å²) in [7, 11) is 0. The number of halogens is 2. The van der Waals surface area contributed by atoms with Crippen LogP contribution in [0.5, 0.6) is 5.75 Å². The number of carbonyl (C=O) groups excluding carboxylic acids is 2. The normalized spacial score (nSPS) is 13.4. The van der Waals surface area contributed by atoms with E-state index in [0.717, 1.165) is 49.4 Å². The Kier molecular flexibility index (Phi) is 6.05. The second kappa shape index (κ2) is 8.90. The molecule has 0 bridgehead atoms. The van der Waals surface area contributed by atoms with Crippen LogP contribution in [0, 0.1) is 5.82 Å². The first-order chi connectivity index (χ1) is 14.9. The average molecular weight is 465 g/mol. The Bertz CT molecular complexity index is 1130. The number of rotatable bonds is 6. The molecule has 1 aromatic carbocycles. The Hall–Kier alpha value is -3.18. The first-order valence-electron chi connectivity index (χ1n) is 9.43. The maximum Gasteiger partial charge on any atom is 0.267 e. The Balaban J connectivity index is 1.38. The summed E-state index contributed by atoms with van der Waals surface area (Å²) < 4.78 is 15.5. The zero-order valence-electron chi connectivity index (χ0n) is 16.1. The number of anilines is 3. The van der Waals surface area contributed by atoms with Crippen LogP contribution in [0.25, 0.3) is 0 Å². The van der Waals surface area contributed by atoms with Gasteiger partial charge >= 0.3 is 0 Å². The molecule has 0 radical (unpaired) electrons. The molecule has 0 atom stereocenters. The fourth-order valence-corrected chi connectivity index (χ4v) is 4.02. The molecule has 4 rings (SSSR count). The number of hydrogen-bond donors (Lipinski definition) is 3. The van der Waals surface area contributed by atoms with Crippen molar-refractivity contribution in [2.24, 2.45) is 0 Å². The molecular formula is C19H18ClFN6O3S. The predicted octanol–water partition coefficient (Wildman–Crippen LogP) is 3.46. The molecular weight excluding hydrogens is 447 g/mol. The molecule has 9 nitrogen and oxygen atoms in total. The summed E-state index contributed by atoms with van der Waals surface area (Å²) in [4.78, 5) is 30.8. The van der Waals surface area contributed by atoms with E-state index < -0.39 is 11.7 Å². The van der Waals surface area contributed by atoms with Crippen LogP contribution in [-0.2, 0) is 11.3 Å². The molecule has 1 aliphatic heterocycles. The van der Waals surface area contributed by atoms with E-state index in [1.807, 2.05) is 4.90 Å². The highest BCUT2D eigenvalue weighted by Crippen LogP contribution is 2.34. The number of phenols is 1. The highest BCUT2D eigenvalue weighted by Gasteiger charge is 2.19. The molecule has 162 valence electrons. The van der Waals surface area contributed by atoms with Crippen molar-refractivity contribution in [3.8, 4) is 5.75 Å². The van der Waals surface area contributed by atoms with Gasteiger partial charge in [0.25, 0.3) is 5.91 Å². The molecule has 2 aromatic heterocycles. The van der Waals surface area contributed by atoms with Gasteiger partial charge in [-0.1, -0.05) is 22.9 Å². The number of nitrogens with zero attached hydrogens (tertiary/aromatic N) is 4. The average Bonchev–Trinajstić information content (AvgIpc) is 3.50. The lowest BCUT2D eigenvalue weighted by molar-refractivity contribution is -0.130. The number of likely N-dealkylation sites (tertiary alicyclic amines) is 1. The minimum Gasteiger partial charge on any atom is -0.506 e. The summed E-state index contributed by atoms with van der Waals surface area (Å²) in [6, 6.07) is 3.79. The first-order valence-corrected chi connectivity index (χ1v) is 10.6. The first kappa shape index (κ1) is 21.1. The number of nitrogens with one attached hydrogen (secondary N) is 2. The minimum absolute atomic E-state index is 0.0261. The Labute approximate surface area is 185 Å². The molecule has 3 aromatic rings. The number of carbonyl (C=O) groups is 2. The Morgan fingerprint density at radius 1 is 1.26 bits per heavy atom. The van der Waals surface area contributed by atoms with Gasteiger partial charge in [0, 0.05) is 25.4 Å². The van der Waals surface area contributed by atoms with E-state index in [-0.39, 0.29) is 33.8 Å². The number of benzene rings is 1. The van der Waals surface area contributed by atoms with Crippen LogP contribution in [0.2, 0.25) is 5.02 Å². The lowest BCUT2D eigenvalue weighted by Gasteiger charge is -2.14. The molecule has 3 N–H and O–H groups in total. The molecule has 1 saturated heterocycles. The number of amides is 2. The van der Waals surface area contributed by atoms with Gasteiger partial charge in [0.15, 0.2) is 10.9 Å². The van der Waals surface area contributed by atoms with Crippen molar-refractivity contribution >= 4 is 51.4 Å². The third kappa shape index (κ3) is 4.78. The number of aromatic nitrogens is 3. The van der Waals surface area contributed by atoms with Crippen molar-refractivity contribution in [3.63, 3.8) is 0 Å². The van der Waals surface area contributed by atoms with Crippen LogP contribution in [0.15, 0.2) is 30.6 Å². The Morgan fingerprint density at radius 3 is 2.81 bits per heavy atom. The lowest BCUT2D eigenvalue weighted by atomic mass is 10.2. The van der Waals surface area contributed by atoms with Crippen molar-refractivity contribution in [1.29, 1.82) is 0 Å². The lowest BCUT2D eigenvalue weighted by Crippen LogP contribution is -2.31. The second-order valence-electron chi connectivity index (χ2n) is 6.85. The van der Waals surface area contributed by atoms with Gasteiger partial charge in [0.1, 0.15) is 28.0 Å². The summed E-state index contributed by atoms with van der Waals surface area (Å²) in [6.45, 7) is 1.73. The van der Waals surface area contributed by atoms with Crippen LogP contribution in [0.1, 0.15) is 22.5 Å². The molecule has 31 heavy (non-hydrogen) atoms. The summed E-state index contributed by atoms with van der Waals surface area (Å²) in [5.74, 6) is -1.24. The van der Waals surface area contributed by atoms with Gasteiger partial charge in [-0.25, -0.2) is 9.37 Å². The quantitative estimate of drug-likeness (QED) is 0.515. The van der Waals surface area contributed by atoms with Crippen molar-refractivity contribution in [3.05, 3.63) is 46.3 Å². The molecule has 0 aliphatic carbocycles. The standard InChI is InChI=1S/C19H18ClFN6O3S/c20-16-12(28)4-3-11(21)17(16)24-18(30)13-9-22-19(31-13)23-14-5-8-27(25-14)10-15(29)26-6-1-2-7-26/h3-5,8-9,28H,1-2,6-7,10H2,(H,24,30)(H,22,23,25). The fraction of sp³-hybridized carbons (Fsp3) is 0.263. The van der Waals surface area contributed by atoms with Crippen LogP contribution in [-0.4, -0.2) is 49.7 Å². The molecule has 12 heteroatoms. The molecule has 1 aliphatic rings. The fourth-order valence-electron chi connectivity index (χ4n) is 3.10. The van der Waals surface area contributed by atoms with E-state index in [1.54, 1.807) is 12.3 Å². The van der Waals surface area contributed by atoms with E-state index in [4.69, 9.17) is 11.6 Å². The molecule has 1 fully saturated rings. The largest absolute Gasteiger partial charge is 0.506 e. The maximum atomic E-state index is 13.9. The molecule has 3 heterocycles. The van der Waals surface area contributed by atoms with Crippen molar-refractivity contribution in [2.45, 2.75) is 19.4 Å². The van der Waals surface area contributed by atoms with Crippen LogP contribution in [0.3, 0.4) is 0 Å². The summed E-state index contributed by atoms with van der Waals surface area (Å²) in [5, 5.41) is 19.3. The van der Waals surface area contributed by atoms with Gasteiger partial charge in [-0.15, -0.1) is 0 Å². The maximum absolute atomic E-state index is 13.9. The molecule has 0 unspecified atom stereocenters. The third-order valence-corrected chi connectivity index (χ3v) is 5.96. The second-order valence-corrected chi connectivity index (χ2v) is 8.26. The van der Waals surface area contributed by atoms with Gasteiger partial charge in [-0.2, -0.15) is 5.10 Å². The van der Waals surface area contributed by atoms with E-state index >= 15 is 0 Å². The van der Waals surface area contributed by atoms with Gasteiger partial charge in [-0.3, -0.25) is 14.3 Å². The van der Waals surface area contributed by atoms with Gasteiger partial charge in [-0.05, 0) is 25.0 Å². The van der Waals surface area contributed by atoms with Gasteiger partial charge < -0.3 is 20.6 Å². The number of phenolic OH excluding ortho intramolecular Hbond substituents is 1. The third-order valence-electron chi connectivity index (χ3n) is 4.67. The zero-order chi connectivity index (χ0) is 22.0. The predicted molar refractivity (Wildman–Crippen MR) is 114 cm³/mol. The van der Waals surface area contributed by atoms with Crippen molar-refractivity contribution < 1.29 is 19.1 Å². The SMILES string of the molecule is O=C(Nc1c(F)ccc(O)c1Cl)c1cnc(Nc2ccn(CC(=O)N3CCCC3)n2)s1. The highest BCUT2D eigenvalue weighted by molar-refractivity contribution is 7.17. The van der Waals surface area contributed by atoms with Crippen LogP contribution < -0.4 is 10.6 Å². The highest BCUT2D eigenvalue weighted by atomic mass is 35.5. The summed E-state index contributed by atoms with van der Waals surface area (Å²) >= 11 is 6.88. The van der Waals surface area contributed by atoms with Crippen LogP contribution in [0.4, 0.5) is 21.0 Å². The molecule has 0 spiro atoms. The monoisotopic (exact) mass is 464 g/mol. The number of hydrogen-bond acceptors (Lipinski definition) is 7. The summed E-state index contributed by atoms with van der Waals surface area (Å²) in [5.41, 5.74) is -0.309.